The van der Waals surface area contributed by atoms with Crippen molar-refractivity contribution in [2.45, 2.75) is 26.0 Å². The average molecular weight is 343 g/mol. The molecule has 0 aromatic heterocycles. The van der Waals surface area contributed by atoms with Gasteiger partial charge in [-0.25, -0.2) is 4.79 Å². The molecule has 5 heteroatoms. The maximum atomic E-state index is 10.9. The summed E-state index contributed by atoms with van der Waals surface area (Å²) in [6, 6.07) is 16.1. The van der Waals surface area contributed by atoms with Crippen molar-refractivity contribution in [2.75, 3.05) is 20.3 Å². The monoisotopic (exact) mass is 343 g/mol. The summed E-state index contributed by atoms with van der Waals surface area (Å²) in [5.41, 5.74) is 3.59. The molecule has 0 aliphatic heterocycles. The topological polar surface area (TPSA) is 67.8 Å². The highest BCUT2D eigenvalue weighted by atomic mass is 16.5. The summed E-state index contributed by atoms with van der Waals surface area (Å²) in [7, 11) is 1.66. The normalized spacial score (nSPS) is 11.3. The minimum atomic E-state index is -1.03. The Labute approximate surface area is 148 Å². The molecule has 0 fully saturated rings. The van der Waals surface area contributed by atoms with Gasteiger partial charge in [-0.1, -0.05) is 48.5 Å². The Bertz CT molecular complexity index is 678. The van der Waals surface area contributed by atoms with Crippen LogP contribution in [-0.2, 0) is 21.6 Å². The van der Waals surface area contributed by atoms with Crippen LogP contribution >= 0.6 is 0 Å². The van der Waals surface area contributed by atoms with Crippen LogP contribution in [0.5, 0.6) is 0 Å². The van der Waals surface area contributed by atoms with Crippen LogP contribution in [0.25, 0.3) is 11.1 Å². The molecule has 0 aliphatic rings. The van der Waals surface area contributed by atoms with Crippen LogP contribution in [-0.4, -0.2) is 31.5 Å². The number of methoxy groups -OCH3 is 1. The number of carbonyl (C=O) groups is 1. The molecule has 134 valence electrons. The molecule has 0 radical (unpaired) electrons. The Hall–Kier alpha value is -2.37. The standard InChI is InChI=1S/C20H25NO4/c1-20(2,21-19(22)23)18-10-8-17(9-11-18)16-6-4-15(5-7-16)14-25-13-12-24-3/h4-11,21H,12-14H2,1-3H3,(H,22,23). The number of ether oxygens (including phenoxy) is 2. The second kappa shape index (κ2) is 8.65. The smallest absolute Gasteiger partial charge is 0.405 e. The van der Waals surface area contributed by atoms with E-state index >= 15 is 0 Å². The molecule has 2 aromatic rings. The number of hydrogen-bond acceptors (Lipinski definition) is 3. The van der Waals surface area contributed by atoms with Gasteiger partial charge in [-0.3, -0.25) is 0 Å². The molecule has 25 heavy (non-hydrogen) atoms. The zero-order valence-electron chi connectivity index (χ0n) is 14.9. The Balaban J connectivity index is 2.03. The first kappa shape index (κ1) is 19.0. The van der Waals surface area contributed by atoms with Crippen molar-refractivity contribution in [2.24, 2.45) is 0 Å². The van der Waals surface area contributed by atoms with Crippen LogP contribution < -0.4 is 5.32 Å². The molecule has 0 saturated carbocycles. The van der Waals surface area contributed by atoms with Crippen molar-refractivity contribution < 1.29 is 19.4 Å². The quantitative estimate of drug-likeness (QED) is 0.711. The summed E-state index contributed by atoms with van der Waals surface area (Å²) >= 11 is 0. The maximum absolute atomic E-state index is 10.9. The van der Waals surface area contributed by atoms with E-state index in [-0.39, 0.29) is 0 Å². The molecule has 0 aliphatic carbocycles. The largest absolute Gasteiger partial charge is 0.465 e. The zero-order valence-corrected chi connectivity index (χ0v) is 14.9. The van der Waals surface area contributed by atoms with Gasteiger partial charge >= 0.3 is 6.09 Å². The van der Waals surface area contributed by atoms with Crippen LogP contribution in [0.4, 0.5) is 4.79 Å². The summed E-state index contributed by atoms with van der Waals surface area (Å²) in [6.07, 6.45) is -1.03. The first-order chi connectivity index (χ1) is 11.9. The van der Waals surface area contributed by atoms with E-state index in [4.69, 9.17) is 14.6 Å². The molecule has 0 spiro atoms. The molecule has 0 bridgehead atoms. The maximum Gasteiger partial charge on any atom is 0.405 e. The second-order valence-corrected chi connectivity index (χ2v) is 6.37. The van der Waals surface area contributed by atoms with Crippen molar-refractivity contribution in [3.05, 3.63) is 59.7 Å². The highest BCUT2D eigenvalue weighted by Crippen LogP contribution is 2.25. The van der Waals surface area contributed by atoms with E-state index in [1.807, 2.05) is 50.2 Å². The van der Waals surface area contributed by atoms with E-state index < -0.39 is 11.6 Å². The van der Waals surface area contributed by atoms with Gasteiger partial charge in [0.15, 0.2) is 0 Å². The summed E-state index contributed by atoms with van der Waals surface area (Å²) in [5, 5.41) is 11.5. The van der Waals surface area contributed by atoms with Crippen LogP contribution in [0.2, 0.25) is 0 Å². The summed E-state index contributed by atoms with van der Waals surface area (Å²) in [6.45, 7) is 5.43. The van der Waals surface area contributed by atoms with Gasteiger partial charge in [-0.15, -0.1) is 0 Å². The highest BCUT2D eigenvalue weighted by molar-refractivity contribution is 5.67. The molecule has 5 nitrogen and oxygen atoms in total. The van der Waals surface area contributed by atoms with Crippen molar-refractivity contribution in [3.63, 3.8) is 0 Å². The second-order valence-electron chi connectivity index (χ2n) is 6.37. The van der Waals surface area contributed by atoms with Crippen LogP contribution in [0, 0.1) is 0 Å². The Morgan fingerprint density at radius 3 is 2.08 bits per heavy atom. The number of amides is 1. The van der Waals surface area contributed by atoms with E-state index in [9.17, 15) is 4.79 Å². The van der Waals surface area contributed by atoms with E-state index in [0.29, 0.717) is 19.8 Å². The van der Waals surface area contributed by atoms with Crippen LogP contribution in [0.15, 0.2) is 48.5 Å². The van der Waals surface area contributed by atoms with Crippen molar-refractivity contribution in [1.82, 2.24) is 5.32 Å². The van der Waals surface area contributed by atoms with Gasteiger partial charge in [-0.2, -0.15) is 0 Å². The van der Waals surface area contributed by atoms with Crippen LogP contribution in [0.1, 0.15) is 25.0 Å². The van der Waals surface area contributed by atoms with Crippen molar-refractivity contribution in [3.8, 4) is 11.1 Å². The lowest BCUT2D eigenvalue weighted by Crippen LogP contribution is -2.39. The Morgan fingerprint density at radius 2 is 1.56 bits per heavy atom. The molecule has 2 aromatic carbocycles. The molecule has 0 heterocycles. The van der Waals surface area contributed by atoms with Gasteiger partial charge in [-0.05, 0) is 36.1 Å². The van der Waals surface area contributed by atoms with Gasteiger partial charge in [0.25, 0.3) is 0 Å². The van der Waals surface area contributed by atoms with E-state index in [0.717, 1.165) is 22.3 Å². The van der Waals surface area contributed by atoms with Gasteiger partial charge in [0.1, 0.15) is 0 Å². The fraction of sp³-hybridized carbons (Fsp3) is 0.350. The van der Waals surface area contributed by atoms with E-state index in [1.54, 1.807) is 7.11 Å². The zero-order chi connectivity index (χ0) is 18.3. The third kappa shape index (κ3) is 5.59. The molecule has 1 amide bonds. The first-order valence-corrected chi connectivity index (χ1v) is 8.20. The number of rotatable bonds is 8. The molecule has 0 atom stereocenters. The molecular weight excluding hydrogens is 318 g/mol. The molecular formula is C20H25NO4. The van der Waals surface area contributed by atoms with Gasteiger partial charge in [0.05, 0.1) is 25.4 Å². The average Bonchev–Trinajstić information content (AvgIpc) is 2.58. The molecule has 2 N–H and O–H groups in total. The first-order valence-electron chi connectivity index (χ1n) is 8.20. The number of nitrogens with one attached hydrogen (secondary N) is 1. The van der Waals surface area contributed by atoms with E-state index in [2.05, 4.69) is 17.4 Å². The minimum absolute atomic E-state index is 0.567. The summed E-state index contributed by atoms with van der Waals surface area (Å²) in [5.74, 6) is 0. The third-order valence-electron chi connectivity index (χ3n) is 4.01. The van der Waals surface area contributed by atoms with Gasteiger partial charge in [0.2, 0.25) is 0 Å². The number of carboxylic acid groups (broad SMARTS) is 1. The predicted molar refractivity (Wildman–Crippen MR) is 97.6 cm³/mol. The van der Waals surface area contributed by atoms with Gasteiger partial charge in [0, 0.05) is 7.11 Å². The van der Waals surface area contributed by atoms with E-state index in [1.165, 1.54) is 0 Å². The molecule has 0 saturated heterocycles. The highest BCUT2D eigenvalue weighted by Gasteiger charge is 2.22. The summed E-state index contributed by atoms with van der Waals surface area (Å²) in [4.78, 5) is 10.9. The lowest BCUT2D eigenvalue weighted by atomic mass is 9.92. The Kier molecular flexibility index (Phi) is 6.56. The lowest BCUT2D eigenvalue weighted by molar-refractivity contribution is 0.0617. The third-order valence-corrected chi connectivity index (χ3v) is 4.01. The minimum Gasteiger partial charge on any atom is -0.465 e. The number of hydrogen-bond donors (Lipinski definition) is 2. The lowest BCUT2D eigenvalue weighted by Gasteiger charge is -2.25. The Morgan fingerprint density at radius 1 is 1.00 bits per heavy atom. The number of benzene rings is 2. The SMILES string of the molecule is COCCOCc1ccc(-c2ccc(C(C)(C)NC(=O)O)cc2)cc1. The van der Waals surface area contributed by atoms with Crippen molar-refractivity contribution >= 4 is 6.09 Å². The molecule has 2 rings (SSSR count). The van der Waals surface area contributed by atoms with Gasteiger partial charge < -0.3 is 19.9 Å². The predicted octanol–water partition coefficient (Wildman–Crippen LogP) is 4.02. The fourth-order valence-electron chi connectivity index (χ4n) is 2.54. The molecule has 0 unspecified atom stereocenters. The van der Waals surface area contributed by atoms with Crippen LogP contribution in [0.3, 0.4) is 0 Å². The summed E-state index contributed by atoms with van der Waals surface area (Å²) < 4.78 is 10.5. The van der Waals surface area contributed by atoms with Crippen molar-refractivity contribution in [1.29, 1.82) is 0 Å². The fourth-order valence-corrected chi connectivity index (χ4v) is 2.54.